The van der Waals surface area contributed by atoms with Crippen molar-refractivity contribution in [3.8, 4) is 0 Å². The molecule has 2 rings (SSSR count). The first-order valence-corrected chi connectivity index (χ1v) is 7.39. The number of rotatable bonds is 3. The molecule has 0 aromatic carbocycles. The minimum atomic E-state index is -0.199. The number of carbonyl (C=O) groups is 1. The third kappa shape index (κ3) is 3.89. The van der Waals surface area contributed by atoms with Crippen LogP contribution in [0.5, 0.6) is 0 Å². The van der Waals surface area contributed by atoms with Crippen LogP contribution in [0.4, 0.5) is 0 Å². The van der Waals surface area contributed by atoms with Gasteiger partial charge in [-0.15, -0.1) is 11.3 Å². The van der Waals surface area contributed by atoms with E-state index in [-0.39, 0.29) is 17.1 Å². The molecule has 1 saturated heterocycles. The van der Waals surface area contributed by atoms with E-state index in [0.29, 0.717) is 12.1 Å². The smallest absolute Gasteiger partial charge is 0.270 e. The first kappa shape index (κ1) is 14.2. The number of thiophene rings is 1. The molecule has 0 aliphatic carbocycles. The van der Waals surface area contributed by atoms with Gasteiger partial charge in [-0.05, 0) is 38.0 Å². The van der Waals surface area contributed by atoms with Gasteiger partial charge in [0, 0.05) is 16.9 Å². The maximum atomic E-state index is 12.0. The lowest BCUT2D eigenvalue weighted by Gasteiger charge is -2.25. The monoisotopic (exact) mass is 299 g/mol. The highest BCUT2D eigenvalue weighted by Gasteiger charge is 2.21. The summed E-state index contributed by atoms with van der Waals surface area (Å²) in [6, 6.07) is 1.84. The van der Waals surface area contributed by atoms with E-state index in [9.17, 15) is 4.79 Å². The van der Waals surface area contributed by atoms with Gasteiger partial charge in [0.15, 0.2) is 5.11 Å². The van der Waals surface area contributed by atoms with Crippen LogP contribution in [-0.4, -0.2) is 35.3 Å². The Balaban J connectivity index is 1.96. The minimum Gasteiger partial charge on any atom is -0.376 e. The van der Waals surface area contributed by atoms with E-state index in [2.05, 4.69) is 5.43 Å². The number of carbonyl (C=O) groups excluding carboxylic acids is 1. The van der Waals surface area contributed by atoms with Crippen LogP contribution in [-0.2, 0) is 4.74 Å². The molecular formula is C12H17N3O2S2. The summed E-state index contributed by atoms with van der Waals surface area (Å²) in [5, 5.41) is 3.45. The van der Waals surface area contributed by atoms with Crippen molar-refractivity contribution in [1.82, 2.24) is 10.4 Å². The van der Waals surface area contributed by atoms with Gasteiger partial charge in [-0.25, -0.2) is 0 Å². The Labute approximate surface area is 121 Å². The Hall–Kier alpha value is -1.18. The summed E-state index contributed by atoms with van der Waals surface area (Å²) < 4.78 is 5.52. The highest BCUT2D eigenvalue weighted by atomic mass is 32.1. The van der Waals surface area contributed by atoms with Crippen LogP contribution < -0.4 is 11.2 Å². The fourth-order valence-electron chi connectivity index (χ4n) is 1.93. The molecule has 7 heteroatoms. The zero-order valence-corrected chi connectivity index (χ0v) is 12.4. The third-order valence-corrected chi connectivity index (χ3v) is 3.99. The molecule has 2 heterocycles. The van der Waals surface area contributed by atoms with Crippen LogP contribution in [0.3, 0.4) is 0 Å². The molecule has 1 aliphatic rings. The molecule has 0 saturated carbocycles. The molecule has 1 aromatic heterocycles. The molecule has 1 amide bonds. The van der Waals surface area contributed by atoms with E-state index < -0.39 is 0 Å². The SMILES string of the molecule is Cc1cc(C(=O)NN(CC2CCCO2)C(N)=S)cs1. The van der Waals surface area contributed by atoms with Crippen molar-refractivity contribution in [2.24, 2.45) is 5.73 Å². The number of ether oxygens (including phenoxy) is 1. The predicted molar refractivity (Wildman–Crippen MR) is 79.0 cm³/mol. The number of hydrazine groups is 1. The van der Waals surface area contributed by atoms with Crippen LogP contribution in [0.15, 0.2) is 11.4 Å². The molecule has 0 bridgehead atoms. The number of aryl methyl sites for hydroxylation is 1. The molecule has 1 aromatic rings. The number of thiocarbonyl (C=S) groups is 1. The molecule has 0 radical (unpaired) electrons. The van der Waals surface area contributed by atoms with Crippen LogP contribution in [0.2, 0.25) is 0 Å². The maximum Gasteiger partial charge on any atom is 0.270 e. The van der Waals surface area contributed by atoms with E-state index >= 15 is 0 Å². The summed E-state index contributed by atoms with van der Waals surface area (Å²) in [6.07, 6.45) is 2.08. The van der Waals surface area contributed by atoms with Crippen LogP contribution in [0, 0.1) is 6.92 Å². The van der Waals surface area contributed by atoms with Gasteiger partial charge in [0.1, 0.15) is 0 Å². The van der Waals surface area contributed by atoms with E-state index in [1.165, 1.54) is 16.3 Å². The summed E-state index contributed by atoms with van der Waals surface area (Å²) in [4.78, 5) is 13.1. The summed E-state index contributed by atoms with van der Waals surface area (Å²) in [7, 11) is 0. The zero-order valence-electron chi connectivity index (χ0n) is 10.7. The molecule has 104 valence electrons. The average Bonchev–Trinajstić information content (AvgIpc) is 2.99. The van der Waals surface area contributed by atoms with Crippen molar-refractivity contribution >= 4 is 34.6 Å². The lowest BCUT2D eigenvalue weighted by Crippen LogP contribution is -2.51. The van der Waals surface area contributed by atoms with Gasteiger partial charge in [0.25, 0.3) is 5.91 Å². The topological polar surface area (TPSA) is 67.6 Å². The van der Waals surface area contributed by atoms with Crippen molar-refractivity contribution in [2.45, 2.75) is 25.9 Å². The lowest BCUT2D eigenvalue weighted by molar-refractivity contribution is 0.0683. The van der Waals surface area contributed by atoms with E-state index in [0.717, 1.165) is 24.3 Å². The summed E-state index contributed by atoms with van der Waals surface area (Å²) in [5.74, 6) is -0.199. The Morgan fingerprint density at radius 2 is 2.53 bits per heavy atom. The molecular weight excluding hydrogens is 282 g/mol. The van der Waals surface area contributed by atoms with E-state index in [4.69, 9.17) is 22.7 Å². The highest BCUT2D eigenvalue weighted by Crippen LogP contribution is 2.14. The largest absolute Gasteiger partial charge is 0.376 e. The Morgan fingerprint density at radius 1 is 1.74 bits per heavy atom. The number of hydrogen-bond acceptors (Lipinski definition) is 4. The van der Waals surface area contributed by atoms with Gasteiger partial charge < -0.3 is 10.5 Å². The van der Waals surface area contributed by atoms with Crippen molar-refractivity contribution < 1.29 is 9.53 Å². The number of nitrogens with zero attached hydrogens (tertiary/aromatic N) is 1. The van der Waals surface area contributed by atoms with Gasteiger partial charge >= 0.3 is 0 Å². The average molecular weight is 299 g/mol. The second kappa shape index (κ2) is 6.31. The van der Waals surface area contributed by atoms with E-state index in [1.807, 2.05) is 18.4 Å². The molecule has 1 atom stereocenters. The fraction of sp³-hybridized carbons (Fsp3) is 0.500. The fourth-order valence-corrected chi connectivity index (χ4v) is 2.74. The van der Waals surface area contributed by atoms with Gasteiger partial charge in [-0.3, -0.25) is 15.2 Å². The molecule has 19 heavy (non-hydrogen) atoms. The molecule has 1 unspecified atom stereocenters. The Bertz CT molecular complexity index is 469. The minimum absolute atomic E-state index is 0.0750. The Kier molecular flexibility index (Phi) is 4.73. The Morgan fingerprint density at radius 3 is 3.05 bits per heavy atom. The third-order valence-electron chi connectivity index (χ3n) is 2.91. The second-order valence-electron chi connectivity index (χ2n) is 4.47. The predicted octanol–water partition coefficient (Wildman–Crippen LogP) is 1.43. The van der Waals surface area contributed by atoms with Gasteiger partial charge in [-0.1, -0.05) is 0 Å². The van der Waals surface area contributed by atoms with Gasteiger partial charge in [0.05, 0.1) is 18.2 Å². The quantitative estimate of drug-likeness (QED) is 0.653. The van der Waals surface area contributed by atoms with Crippen molar-refractivity contribution in [3.63, 3.8) is 0 Å². The van der Waals surface area contributed by atoms with Crippen LogP contribution in [0.25, 0.3) is 0 Å². The molecule has 5 nitrogen and oxygen atoms in total. The van der Waals surface area contributed by atoms with Crippen molar-refractivity contribution in [2.75, 3.05) is 13.2 Å². The van der Waals surface area contributed by atoms with Crippen molar-refractivity contribution in [1.29, 1.82) is 0 Å². The zero-order chi connectivity index (χ0) is 13.8. The first-order chi connectivity index (χ1) is 9.06. The van der Waals surface area contributed by atoms with Crippen molar-refractivity contribution in [3.05, 3.63) is 21.9 Å². The summed E-state index contributed by atoms with van der Waals surface area (Å²) in [6.45, 7) is 3.21. The number of hydrogen-bond donors (Lipinski definition) is 2. The molecule has 3 N–H and O–H groups in total. The second-order valence-corrected chi connectivity index (χ2v) is 6.00. The normalized spacial score (nSPS) is 18.3. The lowest BCUT2D eigenvalue weighted by atomic mass is 10.2. The molecule has 1 aliphatic heterocycles. The molecule has 0 spiro atoms. The summed E-state index contributed by atoms with van der Waals surface area (Å²) in [5.41, 5.74) is 8.99. The molecule has 1 fully saturated rings. The maximum absolute atomic E-state index is 12.0. The van der Waals surface area contributed by atoms with Crippen LogP contribution >= 0.6 is 23.6 Å². The highest BCUT2D eigenvalue weighted by molar-refractivity contribution is 7.80. The van der Waals surface area contributed by atoms with Gasteiger partial charge in [0.2, 0.25) is 0 Å². The standard InChI is InChI=1S/C12H17N3O2S2/c1-8-5-9(7-19-8)11(16)14-15(12(13)18)6-10-3-2-4-17-10/h5,7,10H,2-4,6H2,1H3,(H2,13,18)(H,14,16). The number of nitrogens with two attached hydrogens (primary N) is 1. The van der Waals surface area contributed by atoms with Gasteiger partial charge in [-0.2, -0.15) is 0 Å². The number of amides is 1. The van der Waals surface area contributed by atoms with Crippen LogP contribution in [0.1, 0.15) is 28.1 Å². The summed E-state index contributed by atoms with van der Waals surface area (Å²) >= 11 is 6.49. The van der Waals surface area contributed by atoms with E-state index in [1.54, 1.807) is 0 Å². The first-order valence-electron chi connectivity index (χ1n) is 6.11. The number of nitrogens with one attached hydrogen (secondary N) is 1.